The number of hydrogen-bond acceptors (Lipinski definition) is 1. The van der Waals surface area contributed by atoms with Crippen molar-refractivity contribution in [3.8, 4) is 0 Å². The summed E-state index contributed by atoms with van der Waals surface area (Å²) in [6.07, 6.45) is -5.46. The minimum absolute atomic E-state index is 0.0241. The van der Waals surface area contributed by atoms with E-state index >= 15 is 0 Å². The number of halogens is 5. The van der Waals surface area contributed by atoms with E-state index in [1.54, 1.807) is 0 Å². The first-order valence-electron chi connectivity index (χ1n) is 4.79. The van der Waals surface area contributed by atoms with Gasteiger partial charge in [-0.1, -0.05) is 6.92 Å². The predicted molar refractivity (Wildman–Crippen MR) is 41.3 cm³/mol. The summed E-state index contributed by atoms with van der Waals surface area (Å²) in [5.74, 6) is -7.19. The maximum atomic E-state index is 13.5. The molecule has 1 nitrogen and oxygen atoms in total. The molecule has 6 heteroatoms. The molecule has 1 N–H and O–H groups in total. The summed E-state index contributed by atoms with van der Waals surface area (Å²) in [5.41, 5.74) is -3.81. The van der Waals surface area contributed by atoms with Crippen LogP contribution in [0.4, 0.5) is 22.0 Å². The van der Waals surface area contributed by atoms with Gasteiger partial charge < -0.3 is 5.11 Å². The summed E-state index contributed by atoms with van der Waals surface area (Å²) in [6, 6.07) is 0. The van der Waals surface area contributed by atoms with E-state index in [-0.39, 0.29) is 12.8 Å². The van der Waals surface area contributed by atoms with E-state index in [1.165, 1.54) is 6.92 Å². The second-order valence-corrected chi connectivity index (χ2v) is 4.64. The highest BCUT2D eigenvalue weighted by Gasteiger charge is 2.81. The molecule has 0 aliphatic heterocycles. The molecular weight excluding hydrogens is 219 g/mol. The maximum absolute atomic E-state index is 13.5. The van der Waals surface area contributed by atoms with Gasteiger partial charge in [-0.05, 0) is 18.8 Å². The van der Waals surface area contributed by atoms with Crippen molar-refractivity contribution in [2.24, 2.45) is 17.8 Å². The van der Waals surface area contributed by atoms with Gasteiger partial charge in [0.25, 0.3) is 5.92 Å². The topological polar surface area (TPSA) is 20.2 Å². The van der Waals surface area contributed by atoms with Crippen molar-refractivity contribution in [3.05, 3.63) is 0 Å². The molecule has 0 aromatic carbocycles. The molecule has 0 aromatic heterocycles. The molecule has 88 valence electrons. The second kappa shape index (κ2) is 2.64. The summed E-state index contributed by atoms with van der Waals surface area (Å²) in [6.45, 7) is 1.51. The molecule has 15 heavy (non-hydrogen) atoms. The molecule has 2 saturated carbocycles. The van der Waals surface area contributed by atoms with Crippen LogP contribution in [0.15, 0.2) is 0 Å². The lowest BCUT2D eigenvalue weighted by Crippen LogP contribution is -2.63. The van der Waals surface area contributed by atoms with Gasteiger partial charge in [-0.15, -0.1) is 0 Å². The first-order valence-corrected chi connectivity index (χ1v) is 4.79. The van der Waals surface area contributed by atoms with Gasteiger partial charge in [0.15, 0.2) is 0 Å². The lowest BCUT2D eigenvalue weighted by atomic mass is 9.76. The van der Waals surface area contributed by atoms with Crippen LogP contribution in [0.2, 0.25) is 0 Å². The largest absolute Gasteiger partial charge is 0.423 e. The van der Waals surface area contributed by atoms with Crippen molar-refractivity contribution in [3.63, 3.8) is 0 Å². The van der Waals surface area contributed by atoms with Crippen LogP contribution in [0.3, 0.4) is 0 Å². The zero-order chi connectivity index (χ0) is 11.6. The van der Waals surface area contributed by atoms with Crippen LogP contribution in [0.25, 0.3) is 0 Å². The molecule has 2 aliphatic carbocycles. The van der Waals surface area contributed by atoms with Gasteiger partial charge in [0, 0.05) is 11.8 Å². The normalized spacial score (nSPS) is 48.6. The van der Waals surface area contributed by atoms with Gasteiger partial charge in [-0.3, -0.25) is 0 Å². The monoisotopic (exact) mass is 230 g/mol. The molecule has 2 aliphatic rings. The van der Waals surface area contributed by atoms with Crippen LogP contribution in [0, 0.1) is 17.8 Å². The van der Waals surface area contributed by atoms with Crippen LogP contribution in [0.5, 0.6) is 0 Å². The Morgan fingerprint density at radius 1 is 1.20 bits per heavy atom. The van der Waals surface area contributed by atoms with Crippen molar-refractivity contribution in [1.29, 1.82) is 0 Å². The van der Waals surface area contributed by atoms with E-state index in [4.69, 9.17) is 0 Å². The molecule has 0 aromatic rings. The van der Waals surface area contributed by atoms with Crippen molar-refractivity contribution in [1.82, 2.24) is 0 Å². The van der Waals surface area contributed by atoms with Crippen molar-refractivity contribution >= 4 is 0 Å². The van der Waals surface area contributed by atoms with E-state index in [0.29, 0.717) is 0 Å². The maximum Gasteiger partial charge on any atom is 0.423 e. The van der Waals surface area contributed by atoms with Crippen LogP contribution in [-0.2, 0) is 0 Å². The van der Waals surface area contributed by atoms with Gasteiger partial charge in [-0.25, -0.2) is 8.78 Å². The number of rotatable bonds is 0. The lowest BCUT2D eigenvalue weighted by molar-refractivity contribution is -0.350. The molecule has 0 saturated heterocycles. The molecule has 4 atom stereocenters. The molecule has 4 unspecified atom stereocenters. The third-order valence-electron chi connectivity index (χ3n) is 3.88. The second-order valence-electron chi connectivity index (χ2n) is 4.64. The fourth-order valence-electron chi connectivity index (χ4n) is 3.07. The summed E-state index contributed by atoms with van der Waals surface area (Å²) in [7, 11) is 0. The minimum atomic E-state index is -5.25. The van der Waals surface area contributed by atoms with Crippen LogP contribution in [0.1, 0.15) is 19.8 Å². The van der Waals surface area contributed by atoms with E-state index in [1.807, 2.05) is 0 Å². The molecular formula is C9H11F5O. The summed E-state index contributed by atoms with van der Waals surface area (Å²) in [4.78, 5) is 0. The predicted octanol–water partition coefficient (Wildman–Crippen LogP) is 2.59. The Bertz CT molecular complexity index is 287. The highest BCUT2D eigenvalue weighted by Crippen LogP contribution is 2.65. The molecule has 2 bridgehead atoms. The first kappa shape index (κ1) is 11.1. The highest BCUT2D eigenvalue weighted by molar-refractivity contribution is 5.17. The Morgan fingerprint density at radius 2 is 1.73 bits per heavy atom. The molecule has 2 rings (SSSR count). The smallest absolute Gasteiger partial charge is 0.376 e. The summed E-state index contributed by atoms with van der Waals surface area (Å²) < 4.78 is 64.4. The van der Waals surface area contributed by atoms with Gasteiger partial charge in [-0.2, -0.15) is 13.2 Å². The van der Waals surface area contributed by atoms with Gasteiger partial charge in [0.05, 0.1) is 0 Å². The fraction of sp³-hybridized carbons (Fsp3) is 1.00. The van der Waals surface area contributed by atoms with E-state index in [9.17, 15) is 27.1 Å². The van der Waals surface area contributed by atoms with Crippen LogP contribution in [-0.4, -0.2) is 22.8 Å². The van der Waals surface area contributed by atoms with E-state index in [0.717, 1.165) is 0 Å². The third kappa shape index (κ3) is 1.06. The van der Waals surface area contributed by atoms with E-state index in [2.05, 4.69) is 0 Å². The van der Waals surface area contributed by atoms with Crippen molar-refractivity contribution in [2.45, 2.75) is 37.5 Å². The Kier molecular flexibility index (Phi) is 1.96. The summed E-state index contributed by atoms with van der Waals surface area (Å²) >= 11 is 0. The third-order valence-corrected chi connectivity index (χ3v) is 3.88. The minimum Gasteiger partial charge on any atom is -0.376 e. The summed E-state index contributed by atoms with van der Waals surface area (Å²) in [5, 5.41) is 9.29. The lowest BCUT2D eigenvalue weighted by Gasteiger charge is -2.42. The van der Waals surface area contributed by atoms with Gasteiger partial charge >= 0.3 is 6.18 Å². The highest BCUT2D eigenvalue weighted by atomic mass is 19.4. The molecule has 2 fully saturated rings. The number of fused-ring (bicyclic) bond motifs is 2. The average molecular weight is 230 g/mol. The zero-order valence-electron chi connectivity index (χ0n) is 7.98. The average Bonchev–Trinajstić information content (AvgIpc) is 2.49. The van der Waals surface area contributed by atoms with Gasteiger partial charge in [0.2, 0.25) is 5.60 Å². The zero-order valence-corrected chi connectivity index (χ0v) is 7.98. The SMILES string of the molecule is CC1CC2CC1C(F)(F)C2(O)C(F)(F)F. The quantitative estimate of drug-likeness (QED) is 0.634. The Balaban J connectivity index is 2.45. The molecule has 0 heterocycles. The number of aliphatic hydroxyl groups is 1. The molecule has 0 amide bonds. The number of hydrogen-bond donors (Lipinski definition) is 1. The number of alkyl halides is 5. The van der Waals surface area contributed by atoms with E-state index < -0.39 is 35.5 Å². The fourth-order valence-corrected chi connectivity index (χ4v) is 3.07. The van der Waals surface area contributed by atoms with Crippen molar-refractivity contribution < 1.29 is 27.1 Å². The Morgan fingerprint density at radius 3 is 2.07 bits per heavy atom. The Hall–Kier alpha value is -0.390. The van der Waals surface area contributed by atoms with Crippen LogP contribution >= 0.6 is 0 Å². The Labute approximate surface area is 83.3 Å². The van der Waals surface area contributed by atoms with Crippen molar-refractivity contribution in [2.75, 3.05) is 0 Å². The first-order chi connectivity index (χ1) is 6.62. The van der Waals surface area contributed by atoms with Crippen LogP contribution < -0.4 is 0 Å². The standard InChI is InChI=1S/C9H11F5O/c1-4-2-5-3-6(4)8(10,11)7(5,15)9(12,13)14/h4-6,15H,2-3H2,1H3. The molecule has 0 radical (unpaired) electrons. The van der Waals surface area contributed by atoms with Gasteiger partial charge in [0.1, 0.15) is 0 Å². The molecule has 0 spiro atoms.